The van der Waals surface area contributed by atoms with Crippen molar-refractivity contribution < 1.29 is 0 Å². The summed E-state index contributed by atoms with van der Waals surface area (Å²) in [7, 11) is 0. The van der Waals surface area contributed by atoms with Crippen molar-refractivity contribution in [3.8, 4) is 5.95 Å². The summed E-state index contributed by atoms with van der Waals surface area (Å²) in [4.78, 5) is 16.2. The molecular formula is C17H25N7. The summed E-state index contributed by atoms with van der Waals surface area (Å²) in [6, 6.07) is 2.36. The van der Waals surface area contributed by atoms with E-state index in [9.17, 15) is 0 Å². The molecule has 1 saturated heterocycles. The Bertz CT molecular complexity index is 643. The molecule has 0 aromatic carbocycles. The van der Waals surface area contributed by atoms with Gasteiger partial charge in [0.1, 0.15) is 0 Å². The highest BCUT2D eigenvalue weighted by atomic mass is 15.4. The van der Waals surface area contributed by atoms with Crippen LogP contribution in [0.4, 0.5) is 11.9 Å². The number of nitrogens with zero attached hydrogens (tertiary/aromatic N) is 6. The number of piperidine rings is 1. The third-order valence-corrected chi connectivity index (χ3v) is 4.90. The highest BCUT2D eigenvalue weighted by molar-refractivity contribution is 5.41. The van der Waals surface area contributed by atoms with Crippen molar-refractivity contribution >= 4 is 11.9 Å². The Morgan fingerprint density at radius 3 is 2.38 bits per heavy atom. The van der Waals surface area contributed by atoms with Gasteiger partial charge in [-0.05, 0) is 38.2 Å². The van der Waals surface area contributed by atoms with Gasteiger partial charge in [-0.1, -0.05) is 19.3 Å². The average molecular weight is 327 g/mol. The fourth-order valence-corrected chi connectivity index (χ4v) is 3.57. The van der Waals surface area contributed by atoms with Gasteiger partial charge in [0.15, 0.2) is 0 Å². The van der Waals surface area contributed by atoms with Crippen LogP contribution in [0.2, 0.25) is 0 Å². The van der Waals surface area contributed by atoms with Crippen LogP contribution in [-0.4, -0.2) is 43.9 Å². The van der Waals surface area contributed by atoms with Crippen LogP contribution in [0.3, 0.4) is 0 Å². The summed E-state index contributed by atoms with van der Waals surface area (Å²) in [5.74, 6) is 2.05. The lowest BCUT2D eigenvalue weighted by Crippen LogP contribution is -2.32. The Morgan fingerprint density at radius 2 is 1.62 bits per heavy atom. The van der Waals surface area contributed by atoms with Gasteiger partial charge in [0.25, 0.3) is 5.95 Å². The monoisotopic (exact) mass is 327 g/mol. The predicted molar refractivity (Wildman–Crippen MR) is 93.5 cm³/mol. The van der Waals surface area contributed by atoms with Crippen LogP contribution < -0.4 is 10.2 Å². The number of anilines is 2. The van der Waals surface area contributed by atoms with Crippen LogP contribution in [-0.2, 0) is 0 Å². The second-order valence-corrected chi connectivity index (χ2v) is 6.74. The maximum Gasteiger partial charge on any atom is 0.257 e. The second kappa shape index (κ2) is 7.15. The number of nitrogens with one attached hydrogen (secondary N) is 1. The van der Waals surface area contributed by atoms with Gasteiger partial charge in [-0.25, -0.2) is 4.68 Å². The summed E-state index contributed by atoms with van der Waals surface area (Å²) < 4.78 is 1.71. The molecule has 1 aliphatic heterocycles. The van der Waals surface area contributed by atoms with Gasteiger partial charge in [0, 0.05) is 31.5 Å². The maximum atomic E-state index is 4.71. The molecule has 0 radical (unpaired) electrons. The molecule has 1 N–H and O–H groups in total. The molecule has 4 rings (SSSR count). The molecule has 128 valence electrons. The molecule has 1 aliphatic carbocycles. The van der Waals surface area contributed by atoms with Crippen LogP contribution in [0.25, 0.3) is 5.95 Å². The molecule has 0 atom stereocenters. The van der Waals surface area contributed by atoms with Gasteiger partial charge >= 0.3 is 0 Å². The minimum atomic E-state index is 0.473. The fourth-order valence-electron chi connectivity index (χ4n) is 3.57. The Labute approximate surface area is 142 Å². The summed E-state index contributed by atoms with van der Waals surface area (Å²) in [5.41, 5.74) is 0. The first-order chi connectivity index (χ1) is 11.9. The van der Waals surface area contributed by atoms with Gasteiger partial charge in [-0.15, -0.1) is 0 Å². The first kappa shape index (κ1) is 15.4. The smallest absolute Gasteiger partial charge is 0.257 e. The van der Waals surface area contributed by atoms with Gasteiger partial charge < -0.3 is 10.2 Å². The summed E-state index contributed by atoms with van der Waals surface area (Å²) >= 11 is 0. The third-order valence-electron chi connectivity index (χ3n) is 4.90. The zero-order valence-electron chi connectivity index (χ0n) is 14.1. The Kier molecular flexibility index (Phi) is 4.57. The first-order valence-electron chi connectivity index (χ1n) is 9.16. The molecule has 24 heavy (non-hydrogen) atoms. The predicted octanol–water partition coefficient (Wildman–Crippen LogP) is 2.79. The number of hydrogen-bond acceptors (Lipinski definition) is 6. The molecule has 2 aliphatic rings. The van der Waals surface area contributed by atoms with E-state index in [1.165, 1.54) is 51.4 Å². The van der Waals surface area contributed by atoms with Gasteiger partial charge in [-0.3, -0.25) is 0 Å². The summed E-state index contributed by atoms with van der Waals surface area (Å²) in [6.45, 7) is 2.04. The van der Waals surface area contributed by atoms with Crippen LogP contribution in [0.15, 0.2) is 18.5 Å². The van der Waals surface area contributed by atoms with E-state index in [0.717, 1.165) is 19.0 Å². The maximum absolute atomic E-state index is 4.71. The lowest BCUT2D eigenvalue weighted by atomic mass is 9.96. The SMILES string of the molecule is c1cnn(-c2nc(NC3CCCCC3)nc(N3CCCCC3)n2)c1. The van der Waals surface area contributed by atoms with Crippen molar-refractivity contribution in [1.82, 2.24) is 24.7 Å². The largest absolute Gasteiger partial charge is 0.351 e. The molecule has 2 fully saturated rings. The quantitative estimate of drug-likeness (QED) is 0.931. The zero-order chi connectivity index (χ0) is 16.2. The highest BCUT2D eigenvalue weighted by Crippen LogP contribution is 2.22. The Hall–Kier alpha value is -2.18. The first-order valence-corrected chi connectivity index (χ1v) is 9.16. The molecule has 2 aromatic rings. The van der Waals surface area contributed by atoms with E-state index >= 15 is 0 Å². The lowest BCUT2D eigenvalue weighted by molar-refractivity contribution is 0.460. The fraction of sp³-hybridized carbons (Fsp3) is 0.647. The van der Waals surface area contributed by atoms with E-state index in [-0.39, 0.29) is 0 Å². The molecule has 0 unspecified atom stereocenters. The minimum absolute atomic E-state index is 0.473. The molecule has 0 amide bonds. The molecule has 7 nitrogen and oxygen atoms in total. The van der Waals surface area contributed by atoms with Crippen LogP contribution in [0.1, 0.15) is 51.4 Å². The normalized spacial score (nSPS) is 19.4. The standard InChI is InChI=1S/C17H25N7/c1-3-8-14(9-4-1)19-15-20-16(23-11-5-2-6-12-23)22-17(21-15)24-13-7-10-18-24/h7,10,13-14H,1-6,8-9,11-12H2,(H,19,20,21,22). The summed E-state index contributed by atoms with van der Waals surface area (Å²) in [6.07, 6.45) is 13.6. The topological polar surface area (TPSA) is 71.8 Å². The lowest BCUT2D eigenvalue weighted by Gasteiger charge is -2.28. The molecule has 3 heterocycles. The Balaban J connectivity index is 1.62. The van der Waals surface area contributed by atoms with Crippen LogP contribution in [0.5, 0.6) is 0 Å². The van der Waals surface area contributed by atoms with Gasteiger partial charge in [0.2, 0.25) is 11.9 Å². The summed E-state index contributed by atoms with van der Waals surface area (Å²) in [5, 5.41) is 7.81. The van der Waals surface area contributed by atoms with E-state index < -0.39 is 0 Å². The van der Waals surface area contributed by atoms with Crippen molar-refractivity contribution in [2.75, 3.05) is 23.3 Å². The molecule has 1 saturated carbocycles. The molecule has 0 bridgehead atoms. The zero-order valence-corrected chi connectivity index (χ0v) is 14.1. The van der Waals surface area contributed by atoms with Crippen LogP contribution in [0, 0.1) is 0 Å². The number of hydrogen-bond donors (Lipinski definition) is 1. The van der Waals surface area contributed by atoms with Gasteiger partial charge in [0.05, 0.1) is 0 Å². The van der Waals surface area contributed by atoms with E-state index in [1.807, 2.05) is 12.3 Å². The molecular weight excluding hydrogens is 302 g/mol. The van der Waals surface area contributed by atoms with E-state index in [4.69, 9.17) is 4.98 Å². The van der Waals surface area contributed by atoms with E-state index in [1.54, 1.807) is 10.9 Å². The van der Waals surface area contributed by atoms with Crippen molar-refractivity contribution in [3.63, 3.8) is 0 Å². The van der Waals surface area contributed by atoms with Crippen LogP contribution >= 0.6 is 0 Å². The molecule has 7 heteroatoms. The minimum Gasteiger partial charge on any atom is -0.351 e. The van der Waals surface area contributed by atoms with Crippen molar-refractivity contribution in [2.24, 2.45) is 0 Å². The van der Waals surface area contributed by atoms with Gasteiger partial charge in [-0.2, -0.15) is 20.1 Å². The van der Waals surface area contributed by atoms with E-state index in [2.05, 4.69) is 25.3 Å². The second-order valence-electron chi connectivity index (χ2n) is 6.74. The molecule has 2 aromatic heterocycles. The molecule has 0 spiro atoms. The number of aromatic nitrogens is 5. The highest BCUT2D eigenvalue weighted by Gasteiger charge is 2.19. The van der Waals surface area contributed by atoms with Crippen molar-refractivity contribution in [1.29, 1.82) is 0 Å². The van der Waals surface area contributed by atoms with Crippen molar-refractivity contribution in [2.45, 2.75) is 57.4 Å². The van der Waals surface area contributed by atoms with Crippen molar-refractivity contribution in [3.05, 3.63) is 18.5 Å². The average Bonchev–Trinajstić information content (AvgIpc) is 3.18. The number of rotatable bonds is 4. The Morgan fingerprint density at radius 1 is 0.875 bits per heavy atom. The van der Waals surface area contributed by atoms with E-state index in [0.29, 0.717) is 17.9 Å². The third kappa shape index (κ3) is 3.49.